The van der Waals surface area contributed by atoms with Crippen molar-refractivity contribution in [3.8, 4) is 0 Å². The van der Waals surface area contributed by atoms with Crippen molar-refractivity contribution >= 4 is 49.8 Å². The zero-order chi connectivity index (χ0) is 22.6. The van der Waals surface area contributed by atoms with Crippen LogP contribution in [0, 0.1) is 0 Å². The van der Waals surface area contributed by atoms with Crippen LogP contribution in [-0.4, -0.2) is 49.6 Å². The van der Waals surface area contributed by atoms with Gasteiger partial charge in [0.05, 0.1) is 21.0 Å². The Hall–Kier alpha value is -3.01. The summed E-state index contributed by atoms with van der Waals surface area (Å²) in [6.45, 7) is 0.740. The van der Waals surface area contributed by atoms with E-state index in [0.717, 1.165) is 22.7 Å². The van der Waals surface area contributed by atoms with Gasteiger partial charge in [0, 0.05) is 25.6 Å². The van der Waals surface area contributed by atoms with Crippen LogP contribution in [0.1, 0.15) is 12.1 Å². The Bertz CT molecular complexity index is 1310. The predicted octanol–water partition coefficient (Wildman–Crippen LogP) is 3.93. The number of methoxy groups -OCH3 is 1. The summed E-state index contributed by atoms with van der Waals surface area (Å²) in [7, 11) is -2.38. The van der Waals surface area contributed by atoms with E-state index in [-0.39, 0.29) is 16.0 Å². The molecular formula is C23H21N3O4S2. The molecule has 0 atom stereocenters. The van der Waals surface area contributed by atoms with Crippen LogP contribution in [0.3, 0.4) is 0 Å². The first-order chi connectivity index (χ1) is 15.5. The van der Waals surface area contributed by atoms with Crippen LogP contribution in [-0.2, 0) is 19.6 Å². The van der Waals surface area contributed by atoms with E-state index < -0.39 is 10.0 Å². The van der Waals surface area contributed by atoms with Gasteiger partial charge < -0.3 is 4.74 Å². The lowest BCUT2D eigenvalue weighted by Gasteiger charge is -2.15. The molecule has 1 saturated heterocycles. The fourth-order valence-corrected chi connectivity index (χ4v) is 5.40. The number of thioether (sulfide) groups is 1. The Morgan fingerprint density at radius 2 is 1.81 bits per heavy atom. The Labute approximate surface area is 190 Å². The van der Waals surface area contributed by atoms with Gasteiger partial charge >= 0.3 is 0 Å². The molecule has 1 amide bonds. The summed E-state index contributed by atoms with van der Waals surface area (Å²) < 4.78 is 34.6. The second-order valence-electron chi connectivity index (χ2n) is 7.00. The van der Waals surface area contributed by atoms with Gasteiger partial charge in [-0.15, -0.1) is 4.40 Å². The lowest BCUT2D eigenvalue weighted by molar-refractivity contribution is -0.122. The van der Waals surface area contributed by atoms with Crippen molar-refractivity contribution in [2.75, 3.05) is 20.3 Å². The molecule has 1 fully saturated rings. The molecule has 0 bridgehead atoms. The first kappa shape index (κ1) is 22.2. The molecule has 0 radical (unpaired) electrons. The van der Waals surface area contributed by atoms with E-state index in [0.29, 0.717) is 30.2 Å². The molecule has 7 nitrogen and oxygen atoms in total. The van der Waals surface area contributed by atoms with E-state index in [1.807, 2.05) is 36.4 Å². The number of ether oxygens (including phenoxy) is 1. The lowest BCUT2D eigenvalue weighted by Crippen LogP contribution is -2.31. The summed E-state index contributed by atoms with van der Waals surface area (Å²) in [6, 6.07) is 19.4. The SMILES string of the molecule is COCCCN1C(=O)/C(=C/c2ccc3ccccc3n2)SC1=NS(=O)(=O)c1ccccc1. The summed E-state index contributed by atoms with van der Waals surface area (Å²) in [6.07, 6.45) is 2.22. The second-order valence-corrected chi connectivity index (χ2v) is 9.62. The highest BCUT2D eigenvalue weighted by atomic mass is 32.2. The summed E-state index contributed by atoms with van der Waals surface area (Å²) in [5.74, 6) is -0.303. The van der Waals surface area contributed by atoms with Crippen LogP contribution in [0.15, 0.2) is 80.9 Å². The third-order valence-corrected chi connectivity index (χ3v) is 7.16. The van der Waals surface area contributed by atoms with Crippen LogP contribution in [0.2, 0.25) is 0 Å². The topological polar surface area (TPSA) is 88.9 Å². The van der Waals surface area contributed by atoms with Crippen LogP contribution in [0.5, 0.6) is 0 Å². The zero-order valence-corrected chi connectivity index (χ0v) is 19.0. The van der Waals surface area contributed by atoms with Crippen molar-refractivity contribution in [3.63, 3.8) is 0 Å². The molecule has 0 unspecified atom stereocenters. The molecule has 1 aliphatic heterocycles. The van der Waals surface area contributed by atoms with E-state index in [1.165, 1.54) is 17.0 Å². The molecule has 164 valence electrons. The largest absolute Gasteiger partial charge is 0.385 e. The van der Waals surface area contributed by atoms with Gasteiger partial charge in [0.1, 0.15) is 0 Å². The Kier molecular flexibility index (Phi) is 6.69. The molecule has 0 aliphatic carbocycles. The van der Waals surface area contributed by atoms with Gasteiger partial charge in [0.2, 0.25) is 0 Å². The number of pyridine rings is 1. The average molecular weight is 468 g/mol. The van der Waals surface area contributed by atoms with E-state index in [2.05, 4.69) is 9.38 Å². The molecular weight excluding hydrogens is 446 g/mol. The van der Waals surface area contributed by atoms with Crippen molar-refractivity contribution in [1.82, 2.24) is 9.88 Å². The number of amidine groups is 1. The number of fused-ring (bicyclic) bond motifs is 1. The summed E-state index contributed by atoms with van der Waals surface area (Å²) in [4.78, 5) is 19.5. The lowest BCUT2D eigenvalue weighted by atomic mass is 10.2. The van der Waals surface area contributed by atoms with Crippen LogP contribution in [0.25, 0.3) is 17.0 Å². The number of para-hydroxylation sites is 1. The maximum Gasteiger partial charge on any atom is 0.284 e. The number of hydrogen-bond acceptors (Lipinski definition) is 6. The van der Waals surface area contributed by atoms with E-state index >= 15 is 0 Å². The third kappa shape index (κ3) is 4.90. The highest BCUT2D eigenvalue weighted by molar-refractivity contribution is 8.19. The Balaban J connectivity index is 1.69. The summed E-state index contributed by atoms with van der Waals surface area (Å²) in [5.41, 5.74) is 1.43. The molecule has 0 saturated carbocycles. The van der Waals surface area contributed by atoms with Gasteiger partial charge in [0.15, 0.2) is 5.17 Å². The monoisotopic (exact) mass is 467 g/mol. The number of sulfonamides is 1. The van der Waals surface area contributed by atoms with Crippen LogP contribution in [0.4, 0.5) is 0 Å². The molecule has 1 aliphatic rings. The number of benzene rings is 2. The molecule has 4 rings (SSSR count). The molecule has 2 aromatic carbocycles. The molecule has 32 heavy (non-hydrogen) atoms. The number of hydrogen-bond donors (Lipinski definition) is 0. The minimum absolute atomic E-state index is 0.0750. The van der Waals surface area contributed by atoms with Crippen molar-refractivity contribution < 1.29 is 17.9 Å². The summed E-state index contributed by atoms with van der Waals surface area (Å²) >= 11 is 1.03. The van der Waals surface area contributed by atoms with Crippen molar-refractivity contribution in [2.45, 2.75) is 11.3 Å². The normalized spacial score (nSPS) is 17.0. The minimum atomic E-state index is -3.96. The highest BCUT2D eigenvalue weighted by Crippen LogP contribution is 2.34. The number of carbonyl (C=O) groups excluding carboxylic acids is 1. The van der Waals surface area contributed by atoms with Crippen LogP contribution < -0.4 is 0 Å². The van der Waals surface area contributed by atoms with Crippen molar-refractivity contribution in [1.29, 1.82) is 0 Å². The Morgan fingerprint density at radius 3 is 2.59 bits per heavy atom. The maximum atomic E-state index is 13.1. The maximum absolute atomic E-state index is 13.1. The third-order valence-electron chi connectivity index (χ3n) is 4.76. The molecule has 0 N–H and O–H groups in total. The Morgan fingerprint density at radius 1 is 1.06 bits per heavy atom. The van der Waals surface area contributed by atoms with E-state index in [9.17, 15) is 13.2 Å². The fourth-order valence-electron chi connectivity index (χ4n) is 3.18. The van der Waals surface area contributed by atoms with E-state index in [4.69, 9.17) is 4.74 Å². The predicted molar refractivity (Wildman–Crippen MR) is 127 cm³/mol. The first-order valence-electron chi connectivity index (χ1n) is 9.94. The quantitative estimate of drug-likeness (QED) is 0.386. The van der Waals surface area contributed by atoms with Gasteiger partial charge in [-0.3, -0.25) is 9.69 Å². The van der Waals surface area contributed by atoms with Crippen molar-refractivity contribution in [2.24, 2.45) is 4.40 Å². The smallest absolute Gasteiger partial charge is 0.284 e. The molecule has 9 heteroatoms. The molecule has 0 spiro atoms. The standard InChI is InChI=1S/C23H21N3O4S2/c1-30-15-7-14-26-22(27)21(16-18-13-12-17-8-5-6-11-20(17)24-18)31-23(26)25-32(28,29)19-9-3-2-4-10-19/h2-6,8-13,16H,7,14-15H2,1H3/b21-16-,25-23?. The minimum Gasteiger partial charge on any atom is -0.385 e. The number of carbonyl (C=O) groups is 1. The number of amides is 1. The van der Waals surface area contributed by atoms with Gasteiger partial charge in [0.25, 0.3) is 15.9 Å². The van der Waals surface area contributed by atoms with Gasteiger partial charge in [-0.05, 0) is 48.5 Å². The molecule has 2 heterocycles. The number of aromatic nitrogens is 1. The fraction of sp³-hybridized carbons (Fsp3) is 0.174. The molecule has 1 aromatic heterocycles. The summed E-state index contributed by atoms with van der Waals surface area (Å²) in [5, 5.41) is 1.12. The molecule has 3 aromatic rings. The van der Waals surface area contributed by atoms with Crippen LogP contribution >= 0.6 is 11.8 Å². The number of rotatable bonds is 7. The zero-order valence-electron chi connectivity index (χ0n) is 17.3. The second kappa shape index (κ2) is 9.64. The van der Waals surface area contributed by atoms with Gasteiger partial charge in [-0.25, -0.2) is 4.98 Å². The first-order valence-corrected chi connectivity index (χ1v) is 12.2. The van der Waals surface area contributed by atoms with Gasteiger partial charge in [-0.2, -0.15) is 8.42 Å². The highest BCUT2D eigenvalue weighted by Gasteiger charge is 2.34. The van der Waals surface area contributed by atoms with Gasteiger partial charge in [-0.1, -0.05) is 42.5 Å². The average Bonchev–Trinajstić information content (AvgIpc) is 3.08. The van der Waals surface area contributed by atoms with Crippen molar-refractivity contribution in [3.05, 3.63) is 77.3 Å². The number of nitrogens with zero attached hydrogens (tertiary/aromatic N) is 3. The van der Waals surface area contributed by atoms with E-state index in [1.54, 1.807) is 31.4 Å².